The van der Waals surface area contributed by atoms with Gasteiger partial charge in [-0.3, -0.25) is 14.9 Å². The molecule has 4 rings (SSSR count). The molecule has 0 spiro atoms. The third-order valence-corrected chi connectivity index (χ3v) is 5.47. The van der Waals surface area contributed by atoms with Gasteiger partial charge >= 0.3 is 0 Å². The topological polar surface area (TPSA) is 61.9 Å². The maximum absolute atomic E-state index is 12.9. The summed E-state index contributed by atoms with van der Waals surface area (Å²) in [6.07, 6.45) is 7.63. The number of piperidine rings is 1. The van der Waals surface area contributed by atoms with Crippen molar-refractivity contribution in [2.45, 2.75) is 58.0 Å². The standard InChI is InChI=1S/C18H22N4O/c1-11-12(2)19-9-8-15(11)16-10-17(21-20-16)18(23)22-13-4-3-5-14(22)7-6-13/h8-10,13-14H,3-7H2,1-2H3,(H,20,21). The molecule has 0 radical (unpaired) electrons. The molecule has 2 unspecified atom stereocenters. The summed E-state index contributed by atoms with van der Waals surface area (Å²) < 4.78 is 0. The Morgan fingerprint density at radius 1 is 1.22 bits per heavy atom. The number of nitrogens with one attached hydrogen (secondary N) is 1. The van der Waals surface area contributed by atoms with Crippen molar-refractivity contribution >= 4 is 5.91 Å². The van der Waals surface area contributed by atoms with Crippen LogP contribution in [0.2, 0.25) is 0 Å². The fourth-order valence-electron chi connectivity index (χ4n) is 4.08. The molecule has 5 heteroatoms. The van der Waals surface area contributed by atoms with E-state index in [1.165, 1.54) is 6.42 Å². The van der Waals surface area contributed by atoms with E-state index in [-0.39, 0.29) is 5.91 Å². The number of H-pyrrole nitrogens is 1. The fourth-order valence-corrected chi connectivity index (χ4v) is 4.08. The van der Waals surface area contributed by atoms with E-state index in [0.717, 1.165) is 48.2 Å². The minimum absolute atomic E-state index is 0.0862. The van der Waals surface area contributed by atoms with Crippen LogP contribution in [0.5, 0.6) is 0 Å². The van der Waals surface area contributed by atoms with Gasteiger partial charge in [0.15, 0.2) is 5.69 Å². The number of aromatic amines is 1. The molecule has 0 saturated carbocycles. The molecule has 2 saturated heterocycles. The lowest BCUT2D eigenvalue weighted by Gasteiger charge is -2.34. The molecule has 5 nitrogen and oxygen atoms in total. The highest BCUT2D eigenvalue weighted by Gasteiger charge is 2.40. The third kappa shape index (κ3) is 2.35. The Balaban J connectivity index is 1.63. The second kappa shape index (κ2) is 5.48. The van der Waals surface area contributed by atoms with Gasteiger partial charge in [-0.05, 0) is 63.6 Å². The largest absolute Gasteiger partial charge is 0.331 e. The molecular formula is C18H22N4O. The number of nitrogens with zero attached hydrogens (tertiary/aromatic N) is 3. The number of aromatic nitrogens is 3. The van der Waals surface area contributed by atoms with Gasteiger partial charge in [-0.2, -0.15) is 5.10 Å². The molecule has 2 aromatic heterocycles. The molecule has 2 bridgehead atoms. The summed E-state index contributed by atoms with van der Waals surface area (Å²) >= 11 is 0. The van der Waals surface area contributed by atoms with Crippen LogP contribution >= 0.6 is 0 Å². The lowest BCUT2D eigenvalue weighted by molar-refractivity contribution is 0.0589. The first-order valence-electron chi connectivity index (χ1n) is 8.46. The minimum Gasteiger partial charge on any atom is -0.331 e. The monoisotopic (exact) mass is 310 g/mol. The van der Waals surface area contributed by atoms with Gasteiger partial charge in [0, 0.05) is 29.5 Å². The summed E-state index contributed by atoms with van der Waals surface area (Å²) in [4.78, 5) is 19.3. The van der Waals surface area contributed by atoms with E-state index in [2.05, 4.69) is 20.1 Å². The van der Waals surface area contributed by atoms with E-state index in [4.69, 9.17) is 0 Å². The average molecular weight is 310 g/mol. The van der Waals surface area contributed by atoms with Crippen molar-refractivity contribution in [3.63, 3.8) is 0 Å². The highest BCUT2D eigenvalue weighted by Crippen LogP contribution is 2.36. The molecule has 1 amide bonds. The van der Waals surface area contributed by atoms with Gasteiger partial charge in [0.05, 0.1) is 5.69 Å². The molecule has 2 atom stereocenters. The van der Waals surface area contributed by atoms with Crippen LogP contribution in [0.15, 0.2) is 18.3 Å². The number of carbonyl (C=O) groups is 1. The van der Waals surface area contributed by atoms with E-state index >= 15 is 0 Å². The van der Waals surface area contributed by atoms with Crippen LogP contribution in [-0.2, 0) is 0 Å². The van der Waals surface area contributed by atoms with Crippen molar-refractivity contribution in [3.8, 4) is 11.3 Å². The molecule has 23 heavy (non-hydrogen) atoms. The number of amides is 1. The molecule has 2 aliphatic rings. The lowest BCUT2D eigenvalue weighted by Crippen LogP contribution is -2.44. The first-order valence-corrected chi connectivity index (χ1v) is 8.46. The molecular weight excluding hydrogens is 288 g/mol. The maximum Gasteiger partial charge on any atom is 0.274 e. The Labute approximate surface area is 136 Å². The summed E-state index contributed by atoms with van der Waals surface area (Å²) in [5.41, 5.74) is 4.60. The summed E-state index contributed by atoms with van der Waals surface area (Å²) in [5.74, 6) is 0.0862. The van der Waals surface area contributed by atoms with Gasteiger partial charge in [-0.15, -0.1) is 0 Å². The normalized spacial score (nSPS) is 23.3. The zero-order chi connectivity index (χ0) is 16.0. The Bertz CT molecular complexity index is 735. The van der Waals surface area contributed by atoms with Crippen LogP contribution in [0.1, 0.15) is 53.8 Å². The second-order valence-corrected chi connectivity index (χ2v) is 6.76. The van der Waals surface area contributed by atoms with Crippen LogP contribution in [0, 0.1) is 13.8 Å². The van der Waals surface area contributed by atoms with Crippen LogP contribution < -0.4 is 0 Å². The zero-order valence-electron chi connectivity index (χ0n) is 13.7. The molecule has 2 aromatic rings. The number of aryl methyl sites for hydroxylation is 1. The Morgan fingerprint density at radius 3 is 2.70 bits per heavy atom. The van der Waals surface area contributed by atoms with Gasteiger partial charge in [0.2, 0.25) is 0 Å². The lowest BCUT2D eigenvalue weighted by atomic mass is 10.0. The van der Waals surface area contributed by atoms with Gasteiger partial charge in [-0.1, -0.05) is 0 Å². The average Bonchev–Trinajstić information content (AvgIpc) is 3.12. The molecule has 120 valence electrons. The second-order valence-electron chi connectivity index (χ2n) is 6.76. The van der Waals surface area contributed by atoms with Crippen molar-refractivity contribution in [1.29, 1.82) is 0 Å². The predicted molar refractivity (Wildman–Crippen MR) is 88.1 cm³/mol. The van der Waals surface area contributed by atoms with Crippen molar-refractivity contribution < 1.29 is 4.79 Å². The van der Waals surface area contributed by atoms with Crippen LogP contribution in [-0.4, -0.2) is 38.1 Å². The number of fused-ring (bicyclic) bond motifs is 2. The Hall–Kier alpha value is -2.17. The molecule has 2 fully saturated rings. The van der Waals surface area contributed by atoms with Crippen LogP contribution in [0.25, 0.3) is 11.3 Å². The van der Waals surface area contributed by atoms with Crippen molar-refractivity contribution in [3.05, 3.63) is 35.3 Å². The van der Waals surface area contributed by atoms with Gasteiger partial charge in [0.25, 0.3) is 5.91 Å². The number of hydrogen-bond acceptors (Lipinski definition) is 3. The molecule has 4 heterocycles. The Morgan fingerprint density at radius 2 is 1.96 bits per heavy atom. The van der Waals surface area contributed by atoms with E-state index < -0.39 is 0 Å². The van der Waals surface area contributed by atoms with Crippen molar-refractivity contribution in [2.75, 3.05) is 0 Å². The molecule has 2 aliphatic heterocycles. The van der Waals surface area contributed by atoms with Gasteiger partial charge < -0.3 is 4.90 Å². The first kappa shape index (κ1) is 14.4. The highest BCUT2D eigenvalue weighted by molar-refractivity contribution is 5.94. The fraction of sp³-hybridized carbons (Fsp3) is 0.500. The third-order valence-electron chi connectivity index (χ3n) is 5.47. The smallest absolute Gasteiger partial charge is 0.274 e. The molecule has 1 N–H and O–H groups in total. The number of pyridine rings is 1. The zero-order valence-corrected chi connectivity index (χ0v) is 13.7. The maximum atomic E-state index is 12.9. The van der Waals surface area contributed by atoms with Crippen molar-refractivity contribution in [1.82, 2.24) is 20.1 Å². The van der Waals surface area contributed by atoms with Crippen molar-refractivity contribution in [2.24, 2.45) is 0 Å². The quantitative estimate of drug-likeness (QED) is 0.926. The highest BCUT2D eigenvalue weighted by atomic mass is 16.2. The van der Waals surface area contributed by atoms with Crippen LogP contribution in [0.3, 0.4) is 0 Å². The van der Waals surface area contributed by atoms with E-state index in [1.54, 1.807) is 6.20 Å². The number of hydrogen-bond donors (Lipinski definition) is 1. The Kier molecular flexibility index (Phi) is 3.43. The van der Waals surface area contributed by atoms with Gasteiger partial charge in [0.1, 0.15) is 0 Å². The predicted octanol–water partition coefficient (Wildman–Crippen LogP) is 3.25. The minimum atomic E-state index is 0.0862. The first-order chi connectivity index (χ1) is 11.1. The van der Waals surface area contributed by atoms with Crippen LogP contribution in [0.4, 0.5) is 0 Å². The summed E-state index contributed by atoms with van der Waals surface area (Å²) in [6, 6.07) is 4.70. The van der Waals surface area contributed by atoms with Gasteiger partial charge in [-0.25, -0.2) is 0 Å². The summed E-state index contributed by atoms with van der Waals surface area (Å²) in [6.45, 7) is 4.04. The molecule has 0 aliphatic carbocycles. The summed E-state index contributed by atoms with van der Waals surface area (Å²) in [7, 11) is 0. The van der Waals surface area contributed by atoms with E-state index in [1.807, 2.05) is 26.0 Å². The molecule has 0 aromatic carbocycles. The number of rotatable bonds is 2. The summed E-state index contributed by atoms with van der Waals surface area (Å²) in [5, 5.41) is 7.33. The number of carbonyl (C=O) groups excluding carboxylic acids is 1. The SMILES string of the molecule is Cc1nccc(-c2cc(C(=O)N3C4CCCC3CC4)n[nH]2)c1C. The van der Waals surface area contributed by atoms with E-state index in [0.29, 0.717) is 17.8 Å². The van der Waals surface area contributed by atoms with E-state index in [9.17, 15) is 4.79 Å².